The molecule has 0 aliphatic rings. The average molecular weight is 1250 g/mol. The zero-order valence-corrected chi connectivity index (χ0v) is 38.0. The second kappa shape index (κ2) is 29.8. The van der Waals surface area contributed by atoms with Crippen LogP contribution in [0.2, 0.25) is 0 Å². The quantitative estimate of drug-likeness (QED) is 0.0915. The largest absolute Gasteiger partial charge is 2.00 e. The van der Waals surface area contributed by atoms with Crippen molar-refractivity contribution in [3.63, 3.8) is 0 Å². The van der Waals surface area contributed by atoms with Crippen molar-refractivity contribution in [3.8, 4) is 0 Å². The molecule has 0 aromatic carbocycles. The molecule has 0 aliphatic heterocycles. The SMILES string of the molecule is Cc1nc(N(C)/N=C/c2cccc(CO)n2)cc(N(C)/N=C/c2cccc(CO)n2)n1.[O-][Cl+3]([O-])([O-])[O-].[O-][Cl+3]([O-])([O-])[O-].[O-][Cl+3]([O-])([O-])[O-].[O-][Cl+3]([O-])([O-])[O-].[OH3+].[Pb+2].[Pb+2]. The predicted molar refractivity (Wildman–Crippen MR) is 135 cm³/mol. The maximum Gasteiger partial charge on any atom is 2.00 e. The van der Waals surface area contributed by atoms with Gasteiger partial charge in [-0.3, -0.25) is 10.0 Å². The Balaban J connectivity index is -0.000000288. The van der Waals surface area contributed by atoms with E-state index in [2.05, 4.69) is 30.1 Å². The minimum absolute atomic E-state index is 0. The molecule has 27 nitrogen and oxygen atoms in total. The molecule has 5 N–H and O–H groups in total. The van der Waals surface area contributed by atoms with Gasteiger partial charge in [0.2, 0.25) is 0 Å². The van der Waals surface area contributed by atoms with E-state index in [4.69, 9.17) is 74.5 Å². The van der Waals surface area contributed by atoms with Crippen LogP contribution >= 0.6 is 0 Å². The summed E-state index contributed by atoms with van der Waals surface area (Å²) >= 11 is 0. The molecule has 3 rings (SSSR count). The number of rotatable bonds is 8. The summed E-state index contributed by atoms with van der Waals surface area (Å²) in [6.07, 6.45) is 3.19. The fourth-order valence-electron chi connectivity index (χ4n) is 2.59. The number of pyridine rings is 2. The third kappa shape index (κ3) is 45.0. The van der Waals surface area contributed by atoms with Gasteiger partial charge in [-0.05, 0) is 31.2 Å². The summed E-state index contributed by atoms with van der Waals surface area (Å²) in [4.78, 5) is 17.4. The van der Waals surface area contributed by atoms with Gasteiger partial charge < -0.3 is 15.7 Å². The maximum absolute atomic E-state index is 9.21. The maximum atomic E-state index is 9.21. The van der Waals surface area contributed by atoms with Gasteiger partial charge in [0.25, 0.3) is 0 Å². The molecule has 0 unspecified atom stereocenters. The molecule has 0 bridgehead atoms. The summed E-state index contributed by atoms with van der Waals surface area (Å²) in [5.74, 6) is 1.73. The summed E-state index contributed by atoms with van der Waals surface area (Å²) in [6, 6.07) is 12.5. The van der Waals surface area contributed by atoms with Crippen molar-refractivity contribution >= 4 is 78.7 Å². The van der Waals surface area contributed by atoms with Crippen LogP contribution in [0.4, 0.5) is 11.6 Å². The molecule has 3 heterocycles. The fraction of sp³-hybridized carbons (Fsp3) is 0.238. The Kier molecular flexibility index (Phi) is 34.0. The average Bonchev–Trinajstić information content (AvgIpc) is 2.95. The van der Waals surface area contributed by atoms with Crippen molar-refractivity contribution in [2.24, 2.45) is 10.2 Å². The second-order valence-electron chi connectivity index (χ2n) is 8.10. The van der Waals surface area contributed by atoms with Gasteiger partial charge in [-0.15, -0.1) is 41.0 Å². The van der Waals surface area contributed by atoms with Crippen LogP contribution in [0.3, 0.4) is 0 Å². The van der Waals surface area contributed by atoms with E-state index < -0.39 is 41.0 Å². The van der Waals surface area contributed by atoms with Gasteiger partial charge in [-0.2, -0.15) is 10.2 Å². The first-order valence-corrected chi connectivity index (χ1v) is 16.9. The number of anilines is 2. The van der Waals surface area contributed by atoms with Crippen molar-refractivity contribution in [2.75, 3.05) is 24.1 Å². The van der Waals surface area contributed by atoms with Crippen molar-refractivity contribution < 1.29 is 131 Å². The summed E-state index contributed by atoms with van der Waals surface area (Å²) in [5.41, 5.74) is 2.41. The smallest absolute Gasteiger partial charge is 0.457 e. The van der Waals surface area contributed by atoms with Crippen LogP contribution in [0.1, 0.15) is 28.6 Å². The number of aryl methyl sites for hydroxylation is 1. The Morgan fingerprint density at radius 1 is 0.556 bits per heavy atom. The monoisotopic (exact) mass is 1250 g/mol. The van der Waals surface area contributed by atoms with E-state index in [0.29, 0.717) is 40.2 Å². The first kappa shape index (κ1) is 61.8. The molecule has 0 spiro atoms. The van der Waals surface area contributed by atoms with E-state index in [1.54, 1.807) is 73.8 Å². The number of aliphatic hydroxyl groups is 2. The molecule has 3 aromatic rings. The van der Waals surface area contributed by atoms with Gasteiger partial charge in [0.15, 0.2) is 11.6 Å². The van der Waals surface area contributed by atoms with Gasteiger partial charge in [0, 0.05) is 20.2 Å². The number of aromatic nitrogens is 4. The third-order valence-corrected chi connectivity index (χ3v) is 4.18. The standard InChI is InChI=1S/C21H24N8O2.4ClHO4.H2O.2Pb/c1-15-24-20(28(2)22-11-16-6-4-8-18(13-30)26-16)10-21(25-15)29(3)23-12-17-7-5-9-19(14-31)27-17;4*2-1(3,4)5;;;/h4-12,30-31H,13-14H2,1-3H3;4*(H,2,3,4,5);1H2;;/q;;;;;;2*+2/p-3/b22-11+,23-12+;;;;;;;. The number of halogens is 4. The zero-order chi connectivity index (χ0) is 40.2. The van der Waals surface area contributed by atoms with E-state index in [0.717, 1.165) is 0 Å². The summed E-state index contributed by atoms with van der Waals surface area (Å²) in [5, 5.41) is 30.4. The van der Waals surface area contributed by atoms with Crippen LogP contribution in [0.15, 0.2) is 52.7 Å². The van der Waals surface area contributed by atoms with Gasteiger partial charge in [-0.1, -0.05) is 12.1 Å². The van der Waals surface area contributed by atoms with Gasteiger partial charge in [0.05, 0.1) is 48.4 Å². The number of nitrogens with zero attached hydrogens (tertiary/aromatic N) is 8. The number of aliphatic hydroxyl groups excluding tert-OH is 2. The molecule has 300 valence electrons. The molecular weight excluding hydrogens is 1220 g/mol. The molecule has 54 heavy (non-hydrogen) atoms. The third-order valence-electron chi connectivity index (χ3n) is 4.18. The first-order valence-electron chi connectivity index (χ1n) is 12.0. The molecule has 0 saturated carbocycles. The summed E-state index contributed by atoms with van der Waals surface area (Å²) in [7, 11) is -16.2. The topological polar surface area (TPSA) is 525 Å². The molecule has 33 heteroatoms. The molecule has 3 aromatic heterocycles. The Bertz CT molecular complexity index is 1350. The minimum atomic E-state index is -4.94. The Hall–Kier alpha value is -1.44. The Labute approximate surface area is 352 Å². The van der Waals surface area contributed by atoms with Gasteiger partial charge >= 0.3 is 54.6 Å². The molecule has 0 saturated heterocycles. The van der Waals surface area contributed by atoms with Crippen molar-refractivity contribution in [1.82, 2.24) is 19.9 Å². The summed E-state index contributed by atoms with van der Waals surface area (Å²) in [6.45, 7) is 1.54. The van der Waals surface area contributed by atoms with Crippen LogP contribution in [-0.4, -0.2) is 111 Å². The predicted octanol–water partition coefficient (Wildman–Crippen LogP) is -19.2. The van der Waals surface area contributed by atoms with E-state index in [-0.39, 0.29) is 73.3 Å². The normalized spacial score (nSPS) is 11.0. The van der Waals surface area contributed by atoms with Gasteiger partial charge in [-0.25, -0.2) is 94.5 Å². The van der Waals surface area contributed by atoms with Crippen LogP contribution in [0.5, 0.6) is 0 Å². The van der Waals surface area contributed by atoms with Crippen LogP contribution in [0, 0.1) is 47.9 Å². The first-order chi connectivity index (χ1) is 23.0. The van der Waals surface area contributed by atoms with Crippen molar-refractivity contribution in [1.29, 1.82) is 0 Å². The van der Waals surface area contributed by atoms with Crippen molar-refractivity contribution in [3.05, 3.63) is 71.1 Å². The molecular formula is C21H27Cl4N8O19Pb2+. The minimum Gasteiger partial charge on any atom is -0.457 e. The molecule has 0 fully saturated rings. The number of hydrogen-bond acceptors (Lipinski definition) is 26. The Morgan fingerprint density at radius 3 is 1.06 bits per heavy atom. The molecule has 0 aliphatic carbocycles. The van der Waals surface area contributed by atoms with E-state index in [1.165, 1.54) is 0 Å². The fourth-order valence-corrected chi connectivity index (χ4v) is 2.59. The molecule has 0 atom stereocenters. The molecule has 0 amide bonds. The number of hydrogen-bond donors (Lipinski definition) is 2. The van der Waals surface area contributed by atoms with Crippen LogP contribution in [0.25, 0.3) is 0 Å². The molecule has 4 radical (unpaired) electrons. The summed E-state index contributed by atoms with van der Waals surface area (Å²) < 4.78 is 136. The number of hydrazone groups is 2. The second-order valence-corrected chi connectivity index (χ2v) is 11.1. The van der Waals surface area contributed by atoms with Crippen molar-refractivity contribution in [2.45, 2.75) is 20.1 Å². The van der Waals surface area contributed by atoms with Crippen LogP contribution < -0.4 is 84.6 Å². The van der Waals surface area contributed by atoms with E-state index in [1.807, 2.05) is 12.1 Å². The van der Waals surface area contributed by atoms with E-state index in [9.17, 15) is 10.2 Å². The van der Waals surface area contributed by atoms with E-state index >= 15 is 0 Å². The van der Waals surface area contributed by atoms with Crippen LogP contribution in [-0.2, 0) is 18.7 Å². The van der Waals surface area contributed by atoms with Gasteiger partial charge in [0.1, 0.15) is 5.82 Å². The zero-order valence-electron chi connectivity index (χ0n) is 27.2. The Morgan fingerprint density at radius 2 is 0.815 bits per heavy atom.